The highest BCUT2D eigenvalue weighted by atomic mass is 32.1. The van der Waals surface area contributed by atoms with Gasteiger partial charge in [-0.3, -0.25) is 9.36 Å². The topological polar surface area (TPSA) is 55.1 Å². The van der Waals surface area contributed by atoms with E-state index in [2.05, 4.69) is 4.98 Å². The van der Waals surface area contributed by atoms with Gasteiger partial charge in [-0.15, -0.1) is 11.3 Å². The molecule has 0 radical (unpaired) electrons. The largest absolute Gasteiger partial charge is 0.396 e. The first kappa shape index (κ1) is 10.3. The summed E-state index contributed by atoms with van der Waals surface area (Å²) in [6.45, 7) is 0.795. The predicted molar refractivity (Wildman–Crippen MR) is 60.2 cm³/mol. The second-order valence-electron chi connectivity index (χ2n) is 3.31. The van der Waals surface area contributed by atoms with Crippen molar-refractivity contribution in [3.8, 4) is 0 Å². The molecule has 0 fully saturated rings. The predicted octanol–water partition coefficient (Wildman–Crippen LogP) is 1.23. The first-order valence-electron chi connectivity index (χ1n) is 4.86. The highest BCUT2D eigenvalue weighted by Crippen LogP contribution is 2.13. The lowest BCUT2D eigenvalue weighted by Gasteiger charge is -2.03. The first-order valence-corrected chi connectivity index (χ1v) is 5.74. The van der Waals surface area contributed by atoms with Crippen LogP contribution in [-0.4, -0.2) is 21.3 Å². The minimum Gasteiger partial charge on any atom is -0.396 e. The van der Waals surface area contributed by atoms with E-state index in [1.807, 2.05) is 11.4 Å². The molecule has 15 heavy (non-hydrogen) atoms. The summed E-state index contributed by atoms with van der Waals surface area (Å²) < 4.78 is 2.32. The molecule has 0 spiro atoms. The number of aliphatic hydroxyl groups excluding tert-OH is 1. The van der Waals surface area contributed by atoms with Gasteiger partial charge in [-0.1, -0.05) is 0 Å². The summed E-state index contributed by atoms with van der Waals surface area (Å²) >= 11 is 1.42. The molecule has 0 aliphatic rings. The zero-order valence-corrected chi connectivity index (χ0v) is 9.04. The molecule has 2 heterocycles. The Labute approximate surface area is 90.8 Å². The molecular weight excluding hydrogens is 212 g/mol. The Balaban J connectivity index is 2.28. The Hall–Kier alpha value is -1.20. The van der Waals surface area contributed by atoms with E-state index >= 15 is 0 Å². The number of aliphatic hydroxyl groups is 1. The van der Waals surface area contributed by atoms with Crippen molar-refractivity contribution in [1.29, 1.82) is 0 Å². The molecule has 5 heteroatoms. The molecule has 1 N–H and O–H groups in total. The van der Waals surface area contributed by atoms with E-state index in [1.165, 1.54) is 11.3 Å². The molecule has 0 saturated carbocycles. The molecular formula is C10H12N2O2S. The van der Waals surface area contributed by atoms with Gasteiger partial charge in [-0.05, 0) is 24.3 Å². The van der Waals surface area contributed by atoms with Gasteiger partial charge in [-0.25, -0.2) is 4.98 Å². The molecule has 0 bridgehead atoms. The monoisotopic (exact) mass is 224 g/mol. The molecule has 0 aliphatic heterocycles. The fourth-order valence-electron chi connectivity index (χ4n) is 1.43. The number of nitrogens with zero attached hydrogens (tertiary/aromatic N) is 2. The van der Waals surface area contributed by atoms with Crippen molar-refractivity contribution in [3.05, 3.63) is 28.1 Å². The number of hydrogen-bond acceptors (Lipinski definition) is 4. The summed E-state index contributed by atoms with van der Waals surface area (Å²) in [5.74, 6) is 0. The van der Waals surface area contributed by atoms with Crippen LogP contribution in [0.15, 0.2) is 22.6 Å². The Morgan fingerprint density at radius 3 is 3.13 bits per heavy atom. The Morgan fingerprint density at radius 1 is 1.47 bits per heavy atom. The van der Waals surface area contributed by atoms with Gasteiger partial charge < -0.3 is 5.11 Å². The van der Waals surface area contributed by atoms with E-state index in [0.717, 1.165) is 18.4 Å². The van der Waals surface area contributed by atoms with E-state index in [9.17, 15) is 4.79 Å². The van der Waals surface area contributed by atoms with Crippen molar-refractivity contribution in [2.75, 3.05) is 6.61 Å². The Morgan fingerprint density at radius 2 is 2.33 bits per heavy atom. The first-order chi connectivity index (χ1) is 7.33. The molecule has 0 atom stereocenters. The quantitative estimate of drug-likeness (QED) is 0.795. The van der Waals surface area contributed by atoms with Crippen LogP contribution >= 0.6 is 11.3 Å². The number of thiophene rings is 1. The molecule has 80 valence electrons. The maximum atomic E-state index is 11.9. The van der Waals surface area contributed by atoms with Crippen LogP contribution in [0.3, 0.4) is 0 Å². The normalized spacial score (nSPS) is 11.0. The van der Waals surface area contributed by atoms with E-state index in [-0.39, 0.29) is 12.2 Å². The summed E-state index contributed by atoms with van der Waals surface area (Å²) in [4.78, 5) is 16.0. The van der Waals surface area contributed by atoms with Gasteiger partial charge in [0.05, 0.1) is 11.8 Å². The van der Waals surface area contributed by atoms with Gasteiger partial charge in [0.25, 0.3) is 5.56 Å². The standard InChI is InChI=1S/C10H12N2O2S/c13-5-2-1-4-12-7-11-8-3-6-15-9(8)10(12)14/h3,6-7,13H,1-2,4-5H2. The van der Waals surface area contributed by atoms with Crippen LogP contribution in [0.4, 0.5) is 0 Å². The third-order valence-corrected chi connectivity index (χ3v) is 3.13. The molecule has 0 aliphatic carbocycles. The third-order valence-electron chi connectivity index (χ3n) is 2.24. The molecule has 0 saturated heterocycles. The van der Waals surface area contributed by atoms with Crippen LogP contribution in [0.5, 0.6) is 0 Å². The van der Waals surface area contributed by atoms with Crippen LogP contribution < -0.4 is 5.56 Å². The summed E-state index contributed by atoms with van der Waals surface area (Å²) in [5.41, 5.74) is 0.788. The van der Waals surface area contributed by atoms with Gasteiger partial charge >= 0.3 is 0 Å². The number of hydrogen-bond donors (Lipinski definition) is 1. The van der Waals surface area contributed by atoms with Crippen molar-refractivity contribution in [2.45, 2.75) is 19.4 Å². The molecule has 0 unspecified atom stereocenters. The summed E-state index contributed by atoms with van der Waals surface area (Å²) in [5, 5.41) is 10.5. The molecule has 0 amide bonds. The van der Waals surface area contributed by atoms with E-state index in [1.54, 1.807) is 10.9 Å². The van der Waals surface area contributed by atoms with Crippen molar-refractivity contribution in [1.82, 2.24) is 9.55 Å². The molecule has 0 aromatic carbocycles. The van der Waals surface area contributed by atoms with Crippen LogP contribution in [-0.2, 0) is 6.54 Å². The minimum absolute atomic E-state index is 0.0212. The molecule has 4 nitrogen and oxygen atoms in total. The maximum absolute atomic E-state index is 11.9. The maximum Gasteiger partial charge on any atom is 0.271 e. The van der Waals surface area contributed by atoms with Crippen LogP contribution in [0.25, 0.3) is 10.2 Å². The summed E-state index contributed by atoms with van der Waals surface area (Å²) in [7, 11) is 0. The number of aromatic nitrogens is 2. The number of fused-ring (bicyclic) bond motifs is 1. The van der Waals surface area contributed by atoms with Crippen molar-refractivity contribution >= 4 is 21.6 Å². The number of aryl methyl sites for hydroxylation is 1. The zero-order valence-electron chi connectivity index (χ0n) is 8.22. The fraction of sp³-hybridized carbons (Fsp3) is 0.400. The minimum atomic E-state index is 0.0212. The van der Waals surface area contributed by atoms with Crippen LogP contribution in [0.1, 0.15) is 12.8 Å². The van der Waals surface area contributed by atoms with Crippen LogP contribution in [0.2, 0.25) is 0 Å². The molecule has 2 aromatic heterocycles. The van der Waals surface area contributed by atoms with Gasteiger partial charge in [0.1, 0.15) is 4.70 Å². The van der Waals surface area contributed by atoms with Gasteiger partial charge in [0.2, 0.25) is 0 Å². The number of unbranched alkanes of at least 4 members (excludes halogenated alkanes) is 1. The van der Waals surface area contributed by atoms with Crippen LogP contribution in [0, 0.1) is 0 Å². The SMILES string of the molecule is O=c1c2sccc2ncn1CCCCO. The van der Waals surface area contributed by atoms with Crippen molar-refractivity contribution in [2.24, 2.45) is 0 Å². The fourth-order valence-corrected chi connectivity index (χ4v) is 2.22. The molecule has 2 aromatic rings. The number of rotatable bonds is 4. The average Bonchev–Trinajstić information content (AvgIpc) is 2.70. The summed E-state index contributed by atoms with van der Waals surface area (Å²) in [6, 6.07) is 1.85. The lowest BCUT2D eigenvalue weighted by atomic mass is 10.3. The third kappa shape index (κ3) is 2.08. The lowest BCUT2D eigenvalue weighted by Crippen LogP contribution is -2.19. The molecule has 2 rings (SSSR count). The highest BCUT2D eigenvalue weighted by Gasteiger charge is 2.04. The second kappa shape index (κ2) is 4.55. The summed E-state index contributed by atoms with van der Waals surface area (Å²) in [6.07, 6.45) is 3.10. The van der Waals surface area contributed by atoms with Crippen molar-refractivity contribution in [3.63, 3.8) is 0 Å². The van der Waals surface area contributed by atoms with E-state index in [0.29, 0.717) is 11.2 Å². The van der Waals surface area contributed by atoms with E-state index in [4.69, 9.17) is 5.11 Å². The lowest BCUT2D eigenvalue weighted by molar-refractivity contribution is 0.281. The highest BCUT2D eigenvalue weighted by molar-refractivity contribution is 7.17. The van der Waals surface area contributed by atoms with E-state index < -0.39 is 0 Å². The zero-order chi connectivity index (χ0) is 10.7. The Bertz CT molecular complexity index is 503. The van der Waals surface area contributed by atoms with Gasteiger partial charge in [0.15, 0.2) is 0 Å². The average molecular weight is 224 g/mol. The smallest absolute Gasteiger partial charge is 0.271 e. The van der Waals surface area contributed by atoms with Gasteiger partial charge in [0, 0.05) is 13.2 Å². The second-order valence-corrected chi connectivity index (χ2v) is 4.22. The Kier molecular flexibility index (Phi) is 3.13. The van der Waals surface area contributed by atoms with Gasteiger partial charge in [-0.2, -0.15) is 0 Å². The van der Waals surface area contributed by atoms with Crippen molar-refractivity contribution < 1.29 is 5.11 Å².